The van der Waals surface area contributed by atoms with Crippen molar-refractivity contribution in [3.8, 4) is 5.75 Å². The van der Waals surface area contributed by atoms with Gasteiger partial charge in [0.05, 0.1) is 12.2 Å². The molecule has 2 amide bonds. The number of nitrogens with zero attached hydrogens (tertiary/aromatic N) is 2. The summed E-state index contributed by atoms with van der Waals surface area (Å²) in [6.45, 7) is 11.7. The number of rotatable bonds is 7. The highest BCUT2D eigenvalue weighted by Gasteiger charge is 2.24. The van der Waals surface area contributed by atoms with E-state index in [1.165, 1.54) is 6.42 Å². The summed E-state index contributed by atoms with van der Waals surface area (Å²) in [4.78, 5) is 29.1. The minimum absolute atomic E-state index is 0.0217. The van der Waals surface area contributed by atoms with Crippen molar-refractivity contribution in [3.05, 3.63) is 23.8 Å². The lowest BCUT2D eigenvalue weighted by molar-refractivity contribution is -0.125. The summed E-state index contributed by atoms with van der Waals surface area (Å²) in [5.74, 6) is 2.19. The van der Waals surface area contributed by atoms with E-state index >= 15 is 0 Å². The Morgan fingerprint density at radius 1 is 1.17 bits per heavy atom. The number of fused-ring (bicyclic) bond motifs is 1. The molecule has 6 nitrogen and oxygen atoms in total. The average molecular weight is 402 g/mol. The van der Waals surface area contributed by atoms with Crippen molar-refractivity contribution >= 4 is 17.5 Å². The van der Waals surface area contributed by atoms with E-state index in [4.69, 9.17) is 4.74 Å². The molecule has 160 valence electrons. The van der Waals surface area contributed by atoms with Gasteiger partial charge in [-0.25, -0.2) is 0 Å². The molecule has 0 aromatic heterocycles. The minimum Gasteiger partial charge on any atom is -0.490 e. The zero-order valence-electron chi connectivity index (χ0n) is 18.1. The van der Waals surface area contributed by atoms with Crippen LogP contribution in [0.4, 0.5) is 5.69 Å². The van der Waals surface area contributed by atoms with Crippen LogP contribution >= 0.6 is 0 Å². The summed E-state index contributed by atoms with van der Waals surface area (Å²) in [6, 6.07) is 5.85. The molecule has 2 atom stereocenters. The van der Waals surface area contributed by atoms with Crippen molar-refractivity contribution in [2.45, 2.75) is 46.5 Å². The molecule has 1 N–H and O–H groups in total. The number of anilines is 1. The molecule has 29 heavy (non-hydrogen) atoms. The van der Waals surface area contributed by atoms with Crippen LogP contribution in [0, 0.1) is 18.8 Å². The Labute approximate surface area is 174 Å². The quantitative estimate of drug-likeness (QED) is 0.714. The van der Waals surface area contributed by atoms with Gasteiger partial charge in [0.2, 0.25) is 11.8 Å². The molecule has 0 radical (unpaired) electrons. The molecule has 0 saturated carbocycles. The van der Waals surface area contributed by atoms with E-state index < -0.39 is 0 Å². The number of aryl methyl sites for hydroxylation is 1. The Hall–Kier alpha value is -2.08. The first-order valence-corrected chi connectivity index (χ1v) is 10.9. The second-order valence-electron chi connectivity index (χ2n) is 8.77. The Bertz CT molecular complexity index is 711. The summed E-state index contributed by atoms with van der Waals surface area (Å²) in [7, 11) is 0. The summed E-state index contributed by atoms with van der Waals surface area (Å²) in [5.41, 5.74) is 1.90. The van der Waals surface area contributed by atoms with Crippen molar-refractivity contribution in [1.29, 1.82) is 0 Å². The first-order chi connectivity index (χ1) is 13.9. The molecular weight excluding hydrogens is 366 g/mol. The largest absolute Gasteiger partial charge is 0.490 e. The highest BCUT2D eigenvalue weighted by molar-refractivity contribution is 5.97. The lowest BCUT2D eigenvalue weighted by atomic mass is 9.92. The lowest BCUT2D eigenvalue weighted by Gasteiger charge is -2.34. The van der Waals surface area contributed by atoms with E-state index in [2.05, 4.69) is 24.1 Å². The van der Waals surface area contributed by atoms with Crippen LogP contribution in [0.3, 0.4) is 0 Å². The first kappa shape index (κ1) is 21.6. The maximum absolute atomic E-state index is 12.7. The number of carbonyl (C=O) groups excluding carboxylic acids is 2. The maximum atomic E-state index is 12.7. The van der Waals surface area contributed by atoms with E-state index in [9.17, 15) is 9.59 Å². The molecule has 0 aliphatic carbocycles. The fraction of sp³-hybridized carbons (Fsp3) is 0.652. The summed E-state index contributed by atoms with van der Waals surface area (Å²) in [6.07, 6.45) is 2.72. The number of hydrogen-bond acceptors (Lipinski definition) is 4. The molecule has 0 spiro atoms. The first-order valence-electron chi connectivity index (χ1n) is 10.9. The van der Waals surface area contributed by atoms with Crippen molar-refractivity contribution in [2.24, 2.45) is 11.8 Å². The average Bonchev–Trinajstić information content (AvgIpc) is 2.68. The summed E-state index contributed by atoms with van der Waals surface area (Å²) in [5, 5.41) is 2.97. The number of benzene rings is 1. The molecule has 2 heterocycles. The molecule has 1 fully saturated rings. The maximum Gasteiger partial charge on any atom is 0.227 e. The zero-order valence-corrected chi connectivity index (χ0v) is 18.1. The van der Waals surface area contributed by atoms with Crippen LogP contribution in [0.2, 0.25) is 0 Å². The molecular formula is C23H35N3O3. The van der Waals surface area contributed by atoms with Gasteiger partial charge in [0.15, 0.2) is 0 Å². The highest BCUT2D eigenvalue weighted by atomic mass is 16.5. The van der Waals surface area contributed by atoms with Gasteiger partial charge in [-0.2, -0.15) is 0 Å². The number of ether oxygens (including phenoxy) is 1. The van der Waals surface area contributed by atoms with Crippen molar-refractivity contribution in [1.82, 2.24) is 10.2 Å². The van der Waals surface area contributed by atoms with E-state index in [1.54, 1.807) is 4.90 Å². The Morgan fingerprint density at radius 3 is 2.69 bits per heavy atom. The van der Waals surface area contributed by atoms with Crippen LogP contribution < -0.4 is 15.0 Å². The van der Waals surface area contributed by atoms with Crippen LogP contribution in [-0.2, 0) is 9.59 Å². The van der Waals surface area contributed by atoms with Gasteiger partial charge < -0.3 is 19.9 Å². The molecule has 0 unspecified atom stereocenters. The molecule has 0 bridgehead atoms. The normalized spacial score (nSPS) is 22.0. The van der Waals surface area contributed by atoms with Gasteiger partial charge in [-0.3, -0.25) is 9.59 Å². The predicted molar refractivity (Wildman–Crippen MR) is 115 cm³/mol. The van der Waals surface area contributed by atoms with E-state index in [0.717, 1.165) is 54.9 Å². The Balaban J connectivity index is 1.37. The highest BCUT2D eigenvalue weighted by Crippen LogP contribution is 2.32. The third-order valence-electron chi connectivity index (χ3n) is 5.76. The van der Waals surface area contributed by atoms with Crippen LogP contribution in [-0.4, -0.2) is 56.0 Å². The van der Waals surface area contributed by atoms with Crippen molar-refractivity contribution < 1.29 is 14.3 Å². The number of hydrogen-bond donors (Lipinski definition) is 1. The van der Waals surface area contributed by atoms with Crippen LogP contribution in [0.25, 0.3) is 0 Å². The van der Waals surface area contributed by atoms with Gasteiger partial charge in [0.25, 0.3) is 0 Å². The Morgan fingerprint density at radius 2 is 1.93 bits per heavy atom. The van der Waals surface area contributed by atoms with E-state index in [-0.39, 0.29) is 24.7 Å². The van der Waals surface area contributed by atoms with E-state index in [0.29, 0.717) is 19.7 Å². The smallest absolute Gasteiger partial charge is 0.227 e. The van der Waals surface area contributed by atoms with Gasteiger partial charge in [0.1, 0.15) is 12.4 Å². The fourth-order valence-electron chi connectivity index (χ4n) is 4.54. The number of nitrogens with one attached hydrogen (secondary N) is 1. The number of piperidine rings is 1. The monoisotopic (exact) mass is 401 g/mol. The van der Waals surface area contributed by atoms with Crippen molar-refractivity contribution in [2.75, 3.05) is 44.2 Å². The van der Waals surface area contributed by atoms with Gasteiger partial charge >= 0.3 is 0 Å². The molecule has 1 saturated heterocycles. The molecule has 2 aliphatic heterocycles. The third kappa shape index (κ3) is 6.20. The number of carbonyl (C=O) groups is 2. The van der Waals surface area contributed by atoms with Gasteiger partial charge in [-0.15, -0.1) is 0 Å². The second-order valence-corrected chi connectivity index (χ2v) is 8.77. The summed E-state index contributed by atoms with van der Waals surface area (Å²) >= 11 is 0. The van der Waals surface area contributed by atoms with Gasteiger partial charge in [0, 0.05) is 32.5 Å². The molecule has 1 aromatic rings. The molecule has 2 aliphatic rings. The third-order valence-corrected chi connectivity index (χ3v) is 5.76. The minimum atomic E-state index is -0.0449. The van der Waals surface area contributed by atoms with Crippen LogP contribution in [0.5, 0.6) is 5.75 Å². The number of amides is 2. The molecule has 1 aromatic carbocycles. The predicted octanol–water partition coefficient (Wildman–Crippen LogP) is 2.98. The van der Waals surface area contributed by atoms with Gasteiger partial charge in [-0.1, -0.05) is 19.9 Å². The van der Waals surface area contributed by atoms with Crippen LogP contribution in [0.15, 0.2) is 18.2 Å². The standard InChI is InChI=1S/C23H35N3O3/c1-17-5-6-21-20(14-17)26(11-12-29-21)23(28)8-7-22(27)24-9-4-10-25-15-18(2)13-19(3)16-25/h5-6,14,18-19H,4,7-13,15-16H2,1-3H3,(H,24,27)/t18-,19-/m0/s1. The SMILES string of the molecule is Cc1ccc2c(c1)N(C(=O)CCC(=O)NCCCN1C[C@@H](C)C[C@H](C)C1)CCO2. The van der Waals surface area contributed by atoms with Gasteiger partial charge in [-0.05, 0) is 55.8 Å². The number of likely N-dealkylation sites (tertiary alicyclic amines) is 1. The fourth-order valence-corrected chi connectivity index (χ4v) is 4.54. The lowest BCUT2D eigenvalue weighted by Crippen LogP contribution is -2.40. The van der Waals surface area contributed by atoms with E-state index in [1.807, 2.05) is 25.1 Å². The summed E-state index contributed by atoms with van der Waals surface area (Å²) < 4.78 is 5.64. The topological polar surface area (TPSA) is 61.9 Å². The Kier molecular flexibility index (Phi) is 7.53. The second kappa shape index (κ2) is 10.1. The molecule has 6 heteroatoms. The molecule has 3 rings (SSSR count). The zero-order chi connectivity index (χ0) is 20.8. The van der Waals surface area contributed by atoms with Crippen molar-refractivity contribution in [3.63, 3.8) is 0 Å². The van der Waals surface area contributed by atoms with Crippen LogP contribution in [0.1, 0.15) is 45.1 Å².